The molecule has 2 aliphatic heterocycles. The summed E-state index contributed by atoms with van der Waals surface area (Å²) in [6, 6.07) is 0. The van der Waals surface area contributed by atoms with Crippen molar-refractivity contribution in [2.45, 2.75) is 25.4 Å². The second kappa shape index (κ2) is 6.13. The number of alkyl halides is 3. The molecule has 0 aromatic heterocycles. The van der Waals surface area contributed by atoms with Crippen molar-refractivity contribution >= 4 is 17.8 Å². The maximum Gasteiger partial charge on any atom is 0.406 e. The molecule has 2 aliphatic rings. The molecule has 0 aromatic carbocycles. The van der Waals surface area contributed by atoms with E-state index in [0.717, 1.165) is 0 Å². The van der Waals surface area contributed by atoms with E-state index in [1.54, 1.807) is 0 Å². The first kappa shape index (κ1) is 16.6. The third-order valence-corrected chi connectivity index (χ3v) is 4.02. The fraction of sp³-hybridized carbons (Fsp3) is 0.769. The summed E-state index contributed by atoms with van der Waals surface area (Å²) in [5.41, 5.74) is 0. The van der Waals surface area contributed by atoms with E-state index >= 15 is 0 Å². The van der Waals surface area contributed by atoms with Gasteiger partial charge in [-0.1, -0.05) is 0 Å². The van der Waals surface area contributed by atoms with Crippen LogP contribution in [0.3, 0.4) is 0 Å². The minimum absolute atomic E-state index is 0.0537. The average Bonchev–Trinajstić information content (AvgIpc) is 2.77. The number of carbonyl (C=O) groups is 3. The van der Waals surface area contributed by atoms with Gasteiger partial charge < -0.3 is 14.9 Å². The van der Waals surface area contributed by atoms with Crippen molar-refractivity contribution in [1.82, 2.24) is 9.80 Å². The van der Waals surface area contributed by atoms with Crippen molar-refractivity contribution in [3.8, 4) is 0 Å². The fourth-order valence-corrected chi connectivity index (χ4v) is 2.94. The maximum atomic E-state index is 12.3. The van der Waals surface area contributed by atoms with Gasteiger partial charge in [-0.2, -0.15) is 13.2 Å². The molecule has 0 radical (unpaired) electrons. The van der Waals surface area contributed by atoms with Crippen molar-refractivity contribution < 1.29 is 32.7 Å². The van der Waals surface area contributed by atoms with Crippen LogP contribution in [-0.4, -0.2) is 65.0 Å². The minimum Gasteiger partial charge on any atom is -0.481 e. The second-order valence-electron chi connectivity index (χ2n) is 5.75. The molecule has 2 rings (SSSR count). The number of hydrogen-bond acceptors (Lipinski definition) is 3. The Bertz CT molecular complexity index is 480. The molecule has 2 amide bonds. The number of carbonyl (C=O) groups excluding carboxylic acids is 2. The molecule has 6 nitrogen and oxygen atoms in total. The van der Waals surface area contributed by atoms with Crippen LogP contribution in [0.25, 0.3) is 0 Å². The number of amides is 2. The van der Waals surface area contributed by atoms with E-state index in [1.807, 2.05) is 0 Å². The Balaban J connectivity index is 1.96. The third-order valence-electron chi connectivity index (χ3n) is 4.02. The first-order chi connectivity index (χ1) is 10.2. The number of aliphatic carboxylic acids is 1. The monoisotopic (exact) mass is 322 g/mol. The number of piperidine rings is 1. The molecule has 2 unspecified atom stereocenters. The average molecular weight is 322 g/mol. The molecule has 0 spiro atoms. The molecule has 1 N–H and O–H groups in total. The molecule has 2 fully saturated rings. The smallest absolute Gasteiger partial charge is 0.406 e. The highest BCUT2D eigenvalue weighted by atomic mass is 19.4. The Kier molecular flexibility index (Phi) is 4.62. The summed E-state index contributed by atoms with van der Waals surface area (Å²) < 4.78 is 37.0. The Labute approximate surface area is 124 Å². The van der Waals surface area contributed by atoms with Crippen LogP contribution in [0.5, 0.6) is 0 Å². The van der Waals surface area contributed by atoms with E-state index in [0.29, 0.717) is 24.3 Å². The summed E-state index contributed by atoms with van der Waals surface area (Å²) in [6.45, 7) is -1.18. The van der Waals surface area contributed by atoms with Gasteiger partial charge in [-0.15, -0.1) is 0 Å². The Morgan fingerprint density at radius 1 is 1.23 bits per heavy atom. The molecular weight excluding hydrogens is 305 g/mol. The molecule has 0 saturated carbocycles. The van der Waals surface area contributed by atoms with E-state index in [-0.39, 0.29) is 19.5 Å². The summed E-state index contributed by atoms with van der Waals surface area (Å²) in [5, 5.41) is 8.99. The molecule has 2 saturated heterocycles. The van der Waals surface area contributed by atoms with Crippen LogP contribution in [0, 0.1) is 11.8 Å². The Hall–Kier alpha value is -1.80. The largest absolute Gasteiger partial charge is 0.481 e. The van der Waals surface area contributed by atoms with E-state index < -0.39 is 42.3 Å². The molecular formula is C13H17F3N2O4. The van der Waals surface area contributed by atoms with Crippen molar-refractivity contribution in [3.63, 3.8) is 0 Å². The van der Waals surface area contributed by atoms with Crippen LogP contribution in [0.1, 0.15) is 19.3 Å². The van der Waals surface area contributed by atoms with Gasteiger partial charge in [0.2, 0.25) is 11.8 Å². The zero-order valence-corrected chi connectivity index (χ0v) is 11.8. The molecule has 2 heterocycles. The highest BCUT2D eigenvalue weighted by molar-refractivity contribution is 5.89. The van der Waals surface area contributed by atoms with E-state index in [1.165, 1.54) is 4.90 Å². The highest BCUT2D eigenvalue weighted by Crippen LogP contribution is 2.26. The fourth-order valence-electron chi connectivity index (χ4n) is 2.94. The third kappa shape index (κ3) is 3.89. The molecule has 124 valence electrons. The quantitative estimate of drug-likeness (QED) is 0.830. The SMILES string of the molecule is O=C(O)C1CCCN(C(=O)C2CC(=O)N(CC(F)(F)F)C2)C1. The first-order valence-corrected chi connectivity index (χ1v) is 7.03. The second-order valence-corrected chi connectivity index (χ2v) is 5.75. The van der Waals surface area contributed by atoms with Crippen molar-refractivity contribution in [3.05, 3.63) is 0 Å². The summed E-state index contributed by atoms with van der Waals surface area (Å²) >= 11 is 0. The van der Waals surface area contributed by atoms with Gasteiger partial charge in [-0.3, -0.25) is 14.4 Å². The number of halogens is 3. The van der Waals surface area contributed by atoms with Crippen LogP contribution in [0.15, 0.2) is 0 Å². The number of carboxylic acid groups (broad SMARTS) is 1. The van der Waals surface area contributed by atoms with E-state index in [4.69, 9.17) is 5.11 Å². The standard InChI is InChI=1S/C13H17F3N2O4/c14-13(15,16)7-18-6-9(4-10(18)19)11(20)17-3-1-2-8(5-17)12(21)22/h8-9H,1-7H2,(H,21,22). The molecule has 0 bridgehead atoms. The number of rotatable bonds is 3. The summed E-state index contributed by atoms with van der Waals surface area (Å²) in [6.07, 6.45) is -3.73. The topological polar surface area (TPSA) is 77.9 Å². The predicted molar refractivity (Wildman–Crippen MR) is 67.7 cm³/mol. The number of likely N-dealkylation sites (tertiary alicyclic amines) is 2. The van der Waals surface area contributed by atoms with Crippen molar-refractivity contribution in [1.29, 1.82) is 0 Å². The maximum absolute atomic E-state index is 12.3. The molecule has 0 aliphatic carbocycles. The van der Waals surface area contributed by atoms with Crippen LogP contribution in [-0.2, 0) is 14.4 Å². The minimum atomic E-state index is -4.49. The van der Waals surface area contributed by atoms with Crippen LogP contribution >= 0.6 is 0 Å². The van der Waals surface area contributed by atoms with Gasteiger partial charge in [-0.25, -0.2) is 0 Å². The predicted octanol–water partition coefficient (Wildman–Crippen LogP) is 0.720. The number of nitrogens with zero attached hydrogens (tertiary/aromatic N) is 2. The van der Waals surface area contributed by atoms with E-state index in [9.17, 15) is 27.6 Å². The molecule has 22 heavy (non-hydrogen) atoms. The highest BCUT2D eigenvalue weighted by Gasteiger charge is 2.42. The number of carboxylic acids is 1. The number of hydrogen-bond donors (Lipinski definition) is 1. The van der Waals surface area contributed by atoms with Gasteiger partial charge in [-0.05, 0) is 12.8 Å². The Morgan fingerprint density at radius 2 is 1.91 bits per heavy atom. The summed E-state index contributed by atoms with van der Waals surface area (Å²) in [7, 11) is 0. The van der Waals surface area contributed by atoms with Crippen molar-refractivity contribution in [2.75, 3.05) is 26.2 Å². The molecule has 9 heteroatoms. The van der Waals surface area contributed by atoms with Gasteiger partial charge in [0.25, 0.3) is 0 Å². The molecule has 0 aromatic rings. The van der Waals surface area contributed by atoms with Gasteiger partial charge >= 0.3 is 12.1 Å². The van der Waals surface area contributed by atoms with Gasteiger partial charge in [0.1, 0.15) is 6.54 Å². The van der Waals surface area contributed by atoms with Crippen molar-refractivity contribution in [2.24, 2.45) is 11.8 Å². The van der Waals surface area contributed by atoms with Gasteiger partial charge in [0, 0.05) is 26.1 Å². The Morgan fingerprint density at radius 3 is 2.50 bits per heavy atom. The lowest BCUT2D eigenvalue weighted by Gasteiger charge is -2.32. The lowest BCUT2D eigenvalue weighted by molar-refractivity contribution is -0.157. The molecule has 2 atom stereocenters. The van der Waals surface area contributed by atoms with Gasteiger partial charge in [0.15, 0.2) is 0 Å². The van der Waals surface area contributed by atoms with Gasteiger partial charge in [0.05, 0.1) is 11.8 Å². The summed E-state index contributed by atoms with van der Waals surface area (Å²) in [5.74, 6) is -3.58. The summed E-state index contributed by atoms with van der Waals surface area (Å²) in [4.78, 5) is 36.9. The first-order valence-electron chi connectivity index (χ1n) is 7.03. The van der Waals surface area contributed by atoms with Crippen LogP contribution < -0.4 is 0 Å². The van der Waals surface area contributed by atoms with E-state index in [2.05, 4.69) is 0 Å². The zero-order chi connectivity index (χ0) is 16.5. The normalized spacial score (nSPS) is 26.4. The lowest BCUT2D eigenvalue weighted by Crippen LogP contribution is -2.45. The van der Waals surface area contributed by atoms with Crippen LogP contribution in [0.4, 0.5) is 13.2 Å². The lowest BCUT2D eigenvalue weighted by atomic mass is 9.96. The van der Waals surface area contributed by atoms with Crippen LogP contribution in [0.2, 0.25) is 0 Å². The zero-order valence-electron chi connectivity index (χ0n) is 11.8.